The van der Waals surface area contributed by atoms with Crippen LogP contribution in [0.4, 0.5) is 0 Å². The largest absolute Gasteiger partial charge is 0.443 e. The molecule has 2 N–H and O–H groups in total. The minimum absolute atomic E-state index is 0.414. The van der Waals surface area contributed by atoms with E-state index in [4.69, 9.17) is 10.2 Å². The van der Waals surface area contributed by atoms with Crippen LogP contribution in [0.3, 0.4) is 0 Å². The van der Waals surface area contributed by atoms with Gasteiger partial charge in [-0.2, -0.15) is 0 Å². The van der Waals surface area contributed by atoms with Crippen molar-refractivity contribution in [2.75, 3.05) is 20.1 Å². The molecule has 0 bridgehead atoms. The van der Waals surface area contributed by atoms with Crippen molar-refractivity contribution in [1.29, 1.82) is 0 Å². The molecule has 1 aromatic heterocycles. The van der Waals surface area contributed by atoms with Gasteiger partial charge in [0.05, 0.1) is 0 Å². The smallest absolute Gasteiger partial charge is 0.181 e. The molecule has 2 aromatic rings. The third-order valence-electron chi connectivity index (χ3n) is 3.72. The molecule has 1 aromatic carbocycles. The van der Waals surface area contributed by atoms with Crippen molar-refractivity contribution in [2.45, 2.75) is 12.5 Å². The molecule has 1 aliphatic rings. The van der Waals surface area contributed by atoms with Crippen LogP contribution >= 0.6 is 0 Å². The van der Waals surface area contributed by atoms with E-state index in [2.05, 4.69) is 23.0 Å². The minimum Gasteiger partial charge on any atom is -0.443 e. The fourth-order valence-electron chi connectivity index (χ4n) is 2.82. The quantitative estimate of drug-likeness (QED) is 0.856. The molecule has 0 saturated carbocycles. The minimum atomic E-state index is 0.414. The maximum atomic E-state index is 5.77. The Hall–Kier alpha value is -1.39. The van der Waals surface area contributed by atoms with Gasteiger partial charge in [0.1, 0.15) is 5.52 Å². The number of benzene rings is 1. The van der Waals surface area contributed by atoms with Crippen LogP contribution in [0, 0.1) is 5.92 Å². The highest BCUT2D eigenvalue weighted by Crippen LogP contribution is 2.36. The zero-order valence-electron chi connectivity index (χ0n) is 9.97. The SMILES string of the molecule is CN1CC(CN)CC1c1cccc2ocnc12. The number of nitrogens with zero attached hydrogens (tertiary/aromatic N) is 2. The Labute approximate surface area is 100 Å². The van der Waals surface area contributed by atoms with Crippen molar-refractivity contribution < 1.29 is 4.42 Å². The van der Waals surface area contributed by atoms with E-state index in [1.165, 1.54) is 12.0 Å². The van der Waals surface area contributed by atoms with Crippen molar-refractivity contribution in [2.24, 2.45) is 11.7 Å². The van der Waals surface area contributed by atoms with Gasteiger partial charge in [0.15, 0.2) is 12.0 Å². The van der Waals surface area contributed by atoms with Gasteiger partial charge in [0, 0.05) is 12.6 Å². The Balaban J connectivity index is 2.01. The number of oxazole rings is 1. The van der Waals surface area contributed by atoms with E-state index >= 15 is 0 Å². The van der Waals surface area contributed by atoms with Crippen LogP contribution in [0.1, 0.15) is 18.0 Å². The van der Waals surface area contributed by atoms with Gasteiger partial charge in [-0.1, -0.05) is 12.1 Å². The molecule has 0 spiro atoms. The second-order valence-corrected chi connectivity index (χ2v) is 4.84. The lowest BCUT2D eigenvalue weighted by Gasteiger charge is -2.19. The van der Waals surface area contributed by atoms with Crippen LogP contribution in [0.15, 0.2) is 29.0 Å². The molecule has 3 rings (SSSR count). The van der Waals surface area contributed by atoms with E-state index in [0.717, 1.165) is 30.6 Å². The molecule has 17 heavy (non-hydrogen) atoms. The van der Waals surface area contributed by atoms with Gasteiger partial charge in [-0.25, -0.2) is 4.98 Å². The van der Waals surface area contributed by atoms with Gasteiger partial charge in [0.2, 0.25) is 0 Å². The molecule has 2 unspecified atom stereocenters. The summed E-state index contributed by atoms with van der Waals surface area (Å²) in [7, 11) is 2.15. The number of likely N-dealkylation sites (tertiary alicyclic amines) is 1. The topological polar surface area (TPSA) is 55.3 Å². The highest BCUT2D eigenvalue weighted by Gasteiger charge is 2.31. The Morgan fingerprint density at radius 3 is 3.18 bits per heavy atom. The van der Waals surface area contributed by atoms with Gasteiger partial charge >= 0.3 is 0 Å². The summed E-state index contributed by atoms with van der Waals surface area (Å²) in [5.41, 5.74) is 8.88. The summed E-state index contributed by atoms with van der Waals surface area (Å²) in [6, 6.07) is 6.55. The van der Waals surface area contributed by atoms with Crippen molar-refractivity contribution in [3.63, 3.8) is 0 Å². The van der Waals surface area contributed by atoms with E-state index in [1.54, 1.807) is 0 Å². The third-order valence-corrected chi connectivity index (χ3v) is 3.72. The van der Waals surface area contributed by atoms with Crippen molar-refractivity contribution >= 4 is 11.1 Å². The monoisotopic (exact) mass is 231 g/mol. The summed E-state index contributed by atoms with van der Waals surface area (Å²) in [6.45, 7) is 1.82. The van der Waals surface area contributed by atoms with Crippen LogP contribution in [0.2, 0.25) is 0 Å². The van der Waals surface area contributed by atoms with Crippen molar-refractivity contribution in [3.8, 4) is 0 Å². The number of rotatable bonds is 2. The predicted molar refractivity (Wildman–Crippen MR) is 66.5 cm³/mol. The highest BCUT2D eigenvalue weighted by atomic mass is 16.3. The first kappa shape index (κ1) is 10.7. The fourth-order valence-corrected chi connectivity index (χ4v) is 2.82. The molecule has 4 nitrogen and oxygen atoms in total. The van der Waals surface area contributed by atoms with Gasteiger partial charge in [-0.3, -0.25) is 4.90 Å². The lowest BCUT2D eigenvalue weighted by molar-refractivity contribution is 0.315. The third kappa shape index (κ3) is 1.73. The number of hydrogen-bond donors (Lipinski definition) is 1. The number of para-hydroxylation sites is 1. The maximum Gasteiger partial charge on any atom is 0.181 e. The number of aromatic nitrogens is 1. The molecular formula is C13H17N3O. The zero-order valence-corrected chi connectivity index (χ0v) is 9.97. The lowest BCUT2D eigenvalue weighted by Crippen LogP contribution is -2.20. The lowest BCUT2D eigenvalue weighted by atomic mass is 9.99. The Kier molecular flexibility index (Phi) is 2.61. The van der Waals surface area contributed by atoms with Crippen LogP contribution in [0.25, 0.3) is 11.1 Å². The summed E-state index contributed by atoms with van der Waals surface area (Å²) in [6.07, 6.45) is 2.63. The first-order chi connectivity index (χ1) is 8.29. The zero-order chi connectivity index (χ0) is 11.8. The Morgan fingerprint density at radius 1 is 1.53 bits per heavy atom. The molecule has 0 radical (unpaired) electrons. The van der Waals surface area contributed by atoms with Crippen LogP contribution in [-0.2, 0) is 0 Å². The summed E-state index contributed by atoms with van der Waals surface area (Å²) in [5, 5.41) is 0. The summed E-state index contributed by atoms with van der Waals surface area (Å²) in [5.74, 6) is 0.590. The van der Waals surface area contributed by atoms with E-state index in [9.17, 15) is 0 Å². The molecule has 2 atom stereocenters. The van der Waals surface area contributed by atoms with Gasteiger partial charge in [-0.15, -0.1) is 0 Å². The Morgan fingerprint density at radius 2 is 2.41 bits per heavy atom. The first-order valence-electron chi connectivity index (χ1n) is 6.02. The number of fused-ring (bicyclic) bond motifs is 1. The molecule has 0 amide bonds. The van der Waals surface area contributed by atoms with Gasteiger partial charge in [0.25, 0.3) is 0 Å². The van der Waals surface area contributed by atoms with Crippen LogP contribution < -0.4 is 5.73 Å². The average Bonchev–Trinajstić information content (AvgIpc) is 2.94. The predicted octanol–water partition coefficient (Wildman–Crippen LogP) is 1.78. The molecule has 90 valence electrons. The standard InChI is InChI=1S/C13H17N3O/c1-16-7-9(6-14)5-11(16)10-3-2-4-12-13(10)15-8-17-12/h2-4,8-9,11H,5-7,14H2,1H3. The molecule has 1 saturated heterocycles. The van der Waals surface area contributed by atoms with E-state index in [1.807, 2.05) is 12.1 Å². The molecular weight excluding hydrogens is 214 g/mol. The van der Waals surface area contributed by atoms with E-state index in [-0.39, 0.29) is 0 Å². The normalized spacial score (nSPS) is 25.8. The molecule has 2 heterocycles. The van der Waals surface area contributed by atoms with Crippen molar-refractivity contribution in [1.82, 2.24) is 9.88 Å². The first-order valence-corrected chi connectivity index (χ1v) is 6.02. The average molecular weight is 231 g/mol. The van der Waals surface area contributed by atoms with Gasteiger partial charge in [-0.05, 0) is 37.6 Å². The van der Waals surface area contributed by atoms with E-state index in [0.29, 0.717) is 12.0 Å². The number of hydrogen-bond acceptors (Lipinski definition) is 4. The molecule has 1 aliphatic heterocycles. The van der Waals surface area contributed by atoms with Crippen LogP contribution in [-0.4, -0.2) is 30.0 Å². The second-order valence-electron chi connectivity index (χ2n) is 4.84. The summed E-state index contributed by atoms with van der Waals surface area (Å²) in [4.78, 5) is 6.69. The van der Waals surface area contributed by atoms with Crippen LogP contribution in [0.5, 0.6) is 0 Å². The molecule has 1 fully saturated rings. The Bertz CT molecular complexity index is 522. The molecule has 0 aliphatic carbocycles. The fraction of sp³-hybridized carbons (Fsp3) is 0.462. The number of nitrogens with two attached hydrogens (primary N) is 1. The maximum absolute atomic E-state index is 5.77. The van der Waals surface area contributed by atoms with Crippen molar-refractivity contribution in [3.05, 3.63) is 30.2 Å². The summed E-state index contributed by atoms with van der Waals surface area (Å²) < 4.78 is 5.35. The second kappa shape index (κ2) is 4.13. The molecule has 4 heteroatoms. The summed E-state index contributed by atoms with van der Waals surface area (Å²) >= 11 is 0. The van der Waals surface area contributed by atoms with Gasteiger partial charge < -0.3 is 10.2 Å². The highest BCUT2D eigenvalue weighted by molar-refractivity contribution is 5.76. The van der Waals surface area contributed by atoms with E-state index < -0.39 is 0 Å².